The van der Waals surface area contributed by atoms with Crippen LogP contribution < -0.4 is 5.32 Å². The highest BCUT2D eigenvalue weighted by atomic mass is 14.8. The van der Waals surface area contributed by atoms with Crippen molar-refractivity contribution in [3.8, 4) is 12.3 Å². The van der Waals surface area contributed by atoms with Crippen molar-refractivity contribution >= 4 is 0 Å². The van der Waals surface area contributed by atoms with E-state index in [1.165, 1.54) is 6.42 Å². The third-order valence-electron chi connectivity index (χ3n) is 1.53. The molecule has 0 fully saturated rings. The zero-order valence-electron chi connectivity index (χ0n) is 6.98. The Morgan fingerprint density at radius 1 is 1.60 bits per heavy atom. The van der Waals surface area contributed by atoms with Crippen molar-refractivity contribution in [3.05, 3.63) is 0 Å². The molecule has 1 nitrogen and oxygen atoms in total. The molecule has 0 amide bonds. The lowest BCUT2D eigenvalue weighted by atomic mass is 10.1. The van der Waals surface area contributed by atoms with Crippen LogP contribution in [0.1, 0.15) is 26.7 Å². The third-order valence-corrected chi connectivity index (χ3v) is 1.53. The number of hydrogen-bond donors (Lipinski definition) is 1. The van der Waals surface area contributed by atoms with Crippen LogP contribution in [0.15, 0.2) is 0 Å². The number of terminal acetylenes is 1. The molecule has 0 heterocycles. The number of rotatable bonds is 5. The first-order valence-electron chi connectivity index (χ1n) is 3.95. The summed E-state index contributed by atoms with van der Waals surface area (Å²) in [7, 11) is 0. The number of nitrogens with one attached hydrogen (secondary N) is 1. The van der Waals surface area contributed by atoms with E-state index in [9.17, 15) is 0 Å². The molecule has 0 saturated carbocycles. The Hall–Kier alpha value is -0.480. The lowest BCUT2D eigenvalue weighted by Gasteiger charge is -2.06. The van der Waals surface area contributed by atoms with Gasteiger partial charge in [-0.15, -0.1) is 12.3 Å². The van der Waals surface area contributed by atoms with Gasteiger partial charge in [0.05, 0.1) is 0 Å². The van der Waals surface area contributed by atoms with Crippen molar-refractivity contribution in [2.24, 2.45) is 5.92 Å². The van der Waals surface area contributed by atoms with Crippen LogP contribution in [-0.2, 0) is 0 Å². The fourth-order valence-electron chi connectivity index (χ4n) is 0.828. The highest BCUT2D eigenvalue weighted by Gasteiger charge is 1.97. The molecule has 0 spiro atoms. The molecule has 0 bridgehead atoms. The van der Waals surface area contributed by atoms with Gasteiger partial charge in [-0.1, -0.05) is 13.8 Å². The quantitative estimate of drug-likeness (QED) is 0.451. The van der Waals surface area contributed by atoms with Crippen LogP contribution in [-0.4, -0.2) is 13.1 Å². The van der Waals surface area contributed by atoms with Gasteiger partial charge in [0.1, 0.15) is 0 Å². The predicted octanol–water partition coefficient (Wildman–Crippen LogP) is 1.65. The smallest absolute Gasteiger partial charge is 0.0112 e. The van der Waals surface area contributed by atoms with Crippen LogP contribution in [0.2, 0.25) is 0 Å². The van der Waals surface area contributed by atoms with Crippen LogP contribution in [0.5, 0.6) is 0 Å². The second-order valence-electron chi connectivity index (χ2n) is 2.66. The molecule has 10 heavy (non-hydrogen) atoms. The Morgan fingerprint density at radius 3 is 2.80 bits per heavy atom. The first-order valence-corrected chi connectivity index (χ1v) is 3.95. The Labute approximate surface area is 64.2 Å². The van der Waals surface area contributed by atoms with Gasteiger partial charge < -0.3 is 5.32 Å². The van der Waals surface area contributed by atoms with Crippen LogP contribution in [0, 0.1) is 18.3 Å². The summed E-state index contributed by atoms with van der Waals surface area (Å²) < 4.78 is 0. The van der Waals surface area contributed by atoms with Crippen molar-refractivity contribution in [2.45, 2.75) is 26.7 Å². The molecule has 0 aliphatic heterocycles. The molecule has 0 radical (unpaired) electrons. The molecule has 0 aromatic rings. The van der Waals surface area contributed by atoms with Crippen LogP contribution in [0.4, 0.5) is 0 Å². The molecule has 0 aliphatic rings. The monoisotopic (exact) mass is 139 g/mol. The molecule has 1 unspecified atom stereocenters. The summed E-state index contributed by atoms with van der Waals surface area (Å²) in [6.45, 7) is 6.46. The van der Waals surface area contributed by atoms with E-state index in [-0.39, 0.29) is 0 Å². The highest BCUT2D eigenvalue weighted by molar-refractivity contribution is 4.85. The molecule has 1 heteroatoms. The molecule has 1 N–H and O–H groups in total. The van der Waals surface area contributed by atoms with Gasteiger partial charge in [-0.3, -0.25) is 0 Å². The molecule has 0 rings (SSSR count). The first-order chi connectivity index (χ1) is 4.81. The van der Waals surface area contributed by atoms with Gasteiger partial charge in [0, 0.05) is 6.42 Å². The SMILES string of the molecule is C#CCC(C)CCNCC. The van der Waals surface area contributed by atoms with Crippen molar-refractivity contribution in [3.63, 3.8) is 0 Å². The average molecular weight is 139 g/mol. The molecule has 0 aromatic heterocycles. The summed E-state index contributed by atoms with van der Waals surface area (Å²) in [6.07, 6.45) is 7.26. The maximum Gasteiger partial charge on any atom is 0.0112 e. The van der Waals surface area contributed by atoms with E-state index >= 15 is 0 Å². The van der Waals surface area contributed by atoms with E-state index in [0.29, 0.717) is 5.92 Å². The fraction of sp³-hybridized carbons (Fsp3) is 0.778. The Bertz CT molecular complexity index is 102. The molecule has 0 saturated heterocycles. The first kappa shape index (κ1) is 9.52. The third kappa shape index (κ3) is 5.65. The maximum atomic E-state index is 5.16. The second-order valence-corrected chi connectivity index (χ2v) is 2.66. The van der Waals surface area contributed by atoms with Crippen LogP contribution in [0.3, 0.4) is 0 Å². The Kier molecular flexibility index (Phi) is 6.32. The van der Waals surface area contributed by atoms with E-state index in [0.717, 1.165) is 19.5 Å². The lowest BCUT2D eigenvalue weighted by molar-refractivity contribution is 0.518. The van der Waals surface area contributed by atoms with Gasteiger partial charge in [-0.25, -0.2) is 0 Å². The molecular weight excluding hydrogens is 122 g/mol. The standard InChI is InChI=1S/C9H17N/c1-4-6-9(3)7-8-10-5-2/h1,9-10H,5-8H2,2-3H3. The van der Waals surface area contributed by atoms with E-state index in [1.807, 2.05) is 0 Å². The summed E-state index contributed by atoms with van der Waals surface area (Å²) in [5, 5.41) is 3.27. The van der Waals surface area contributed by atoms with Crippen LogP contribution >= 0.6 is 0 Å². The molecule has 0 aliphatic carbocycles. The van der Waals surface area contributed by atoms with Gasteiger partial charge in [0.25, 0.3) is 0 Å². The predicted molar refractivity (Wildman–Crippen MR) is 45.8 cm³/mol. The highest BCUT2D eigenvalue weighted by Crippen LogP contribution is 2.03. The van der Waals surface area contributed by atoms with E-state index in [4.69, 9.17) is 6.42 Å². The summed E-state index contributed by atoms with van der Waals surface area (Å²) in [5.41, 5.74) is 0. The van der Waals surface area contributed by atoms with Gasteiger partial charge in [0.2, 0.25) is 0 Å². The summed E-state index contributed by atoms with van der Waals surface area (Å²) in [5.74, 6) is 3.34. The zero-order valence-corrected chi connectivity index (χ0v) is 6.98. The van der Waals surface area contributed by atoms with Crippen LogP contribution in [0.25, 0.3) is 0 Å². The van der Waals surface area contributed by atoms with Crippen molar-refractivity contribution in [1.82, 2.24) is 5.32 Å². The number of hydrogen-bond acceptors (Lipinski definition) is 1. The minimum atomic E-state index is 0.670. The normalized spacial score (nSPS) is 12.5. The van der Waals surface area contributed by atoms with E-state index in [2.05, 4.69) is 25.1 Å². The largest absolute Gasteiger partial charge is 0.317 e. The van der Waals surface area contributed by atoms with Gasteiger partial charge in [-0.05, 0) is 25.4 Å². The fourth-order valence-corrected chi connectivity index (χ4v) is 0.828. The van der Waals surface area contributed by atoms with Gasteiger partial charge in [0.15, 0.2) is 0 Å². The van der Waals surface area contributed by atoms with Gasteiger partial charge in [-0.2, -0.15) is 0 Å². The molecular formula is C9H17N. The Balaban J connectivity index is 3.06. The van der Waals surface area contributed by atoms with E-state index < -0.39 is 0 Å². The lowest BCUT2D eigenvalue weighted by Crippen LogP contribution is -2.16. The Morgan fingerprint density at radius 2 is 2.30 bits per heavy atom. The zero-order chi connectivity index (χ0) is 7.82. The average Bonchev–Trinajstić information content (AvgIpc) is 1.89. The summed E-state index contributed by atoms with van der Waals surface area (Å²) in [6, 6.07) is 0. The van der Waals surface area contributed by atoms with Gasteiger partial charge >= 0.3 is 0 Å². The maximum absolute atomic E-state index is 5.16. The van der Waals surface area contributed by atoms with Crippen molar-refractivity contribution in [1.29, 1.82) is 0 Å². The minimum absolute atomic E-state index is 0.670. The second kappa shape index (κ2) is 6.64. The minimum Gasteiger partial charge on any atom is -0.317 e. The molecule has 0 aromatic carbocycles. The molecule has 58 valence electrons. The summed E-state index contributed by atoms with van der Waals surface area (Å²) in [4.78, 5) is 0. The van der Waals surface area contributed by atoms with E-state index in [1.54, 1.807) is 0 Å². The summed E-state index contributed by atoms with van der Waals surface area (Å²) >= 11 is 0. The van der Waals surface area contributed by atoms with Crippen molar-refractivity contribution < 1.29 is 0 Å². The molecule has 1 atom stereocenters. The topological polar surface area (TPSA) is 12.0 Å². The van der Waals surface area contributed by atoms with Crippen molar-refractivity contribution in [2.75, 3.05) is 13.1 Å².